The molecule has 0 bridgehead atoms. The van der Waals surface area contributed by atoms with Crippen molar-refractivity contribution < 1.29 is 27.1 Å². The molecule has 0 spiro atoms. The maximum Gasteiger partial charge on any atom is 0.454 e. The number of rotatable bonds is 5. The van der Waals surface area contributed by atoms with Gasteiger partial charge in [0.15, 0.2) is 0 Å². The van der Waals surface area contributed by atoms with Gasteiger partial charge < -0.3 is 10.4 Å². The van der Waals surface area contributed by atoms with Crippen LogP contribution in [0.3, 0.4) is 0 Å². The molecular formula is C6H10F5NO. The van der Waals surface area contributed by atoms with E-state index < -0.39 is 18.6 Å². The van der Waals surface area contributed by atoms with Crippen molar-refractivity contribution in [2.75, 3.05) is 19.7 Å². The maximum atomic E-state index is 12.1. The van der Waals surface area contributed by atoms with Gasteiger partial charge in [-0.1, -0.05) is 0 Å². The second kappa shape index (κ2) is 4.71. The third-order valence-corrected chi connectivity index (χ3v) is 1.27. The number of hydrogen-bond donors (Lipinski definition) is 2. The van der Waals surface area contributed by atoms with Crippen molar-refractivity contribution in [2.24, 2.45) is 0 Å². The van der Waals surface area contributed by atoms with Crippen LogP contribution in [0.2, 0.25) is 0 Å². The number of alkyl halides is 5. The van der Waals surface area contributed by atoms with Gasteiger partial charge in [0, 0.05) is 6.61 Å². The summed E-state index contributed by atoms with van der Waals surface area (Å²) in [5.41, 5.74) is 0. The second-order valence-electron chi connectivity index (χ2n) is 2.46. The Morgan fingerprint density at radius 2 is 1.62 bits per heavy atom. The first-order valence-corrected chi connectivity index (χ1v) is 3.57. The number of aliphatic hydroxyl groups is 1. The molecule has 0 unspecified atom stereocenters. The third-order valence-electron chi connectivity index (χ3n) is 1.27. The molecule has 0 saturated carbocycles. The minimum Gasteiger partial charge on any atom is -0.396 e. The highest BCUT2D eigenvalue weighted by Crippen LogP contribution is 2.34. The van der Waals surface area contributed by atoms with Crippen molar-refractivity contribution in [2.45, 2.75) is 18.5 Å². The molecule has 0 aliphatic rings. The minimum atomic E-state index is -5.51. The van der Waals surface area contributed by atoms with E-state index in [9.17, 15) is 22.0 Å². The lowest BCUT2D eigenvalue weighted by Crippen LogP contribution is -2.45. The molecule has 0 rings (SSSR count). The first-order chi connectivity index (χ1) is 5.81. The molecule has 0 aromatic rings. The molecule has 7 heteroatoms. The molecular weight excluding hydrogens is 197 g/mol. The van der Waals surface area contributed by atoms with Crippen molar-refractivity contribution in [3.05, 3.63) is 0 Å². The molecule has 0 heterocycles. The third kappa shape index (κ3) is 4.37. The van der Waals surface area contributed by atoms with Crippen LogP contribution in [0.5, 0.6) is 0 Å². The molecule has 80 valence electrons. The molecule has 0 aromatic carbocycles. The maximum absolute atomic E-state index is 12.1. The van der Waals surface area contributed by atoms with Gasteiger partial charge in [-0.3, -0.25) is 0 Å². The van der Waals surface area contributed by atoms with Gasteiger partial charge in [-0.05, 0) is 13.0 Å². The zero-order valence-corrected chi connectivity index (χ0v) is 6.67. The Morgan fingerprint density at radius 1 is 1.08 bits per heavy atom. The smallest absolute Gasteiger partial charge is 0.396 e. The minimum absolute atomic E-state index is 0.0673. The van der Waals surface area contributed by atoms with E-state index in [1.54, 1.807) is 0 Å². The summed E-state index contributed by atoms with van der Waals surface area (Å²) >= 11 is 0. The Bertz CT molecular complexity index is 146. The first-order valence-electron chi connectivity index (χ1n) is 3.57. The molecule has 0 radical (unpaired) electrons. The Morgan fingerprint density at radius 3 is 2.00 bits per heavy atom. The fourth-order valence-electron chi connectivity index (χ4n) is 0.550. The van der Waals surface area contributed by atoms with Crippen LogP contribution in [-0.2, 0) is 0 Å². The molecule has 0 atom stereocenters. The van der Waals surface area contributed by atoms with Gasteiger partial charge >= 0.3 is 12.1 Å². The van der Waals surface area contributed by atoms with E-state index >= 15 is 0 Å². The number of aliphatic hydroxyl groups excluding tert-OH is 1. The van der Waals surface area contributed by atoms with Gasteiger partial charge in [-0.2, -0.15) is 22.0 Å². The van der Waals surface area contributed by atoms with Crippen LogP contribution in [0.25, 0.3) is 0 Å². The molecule has 0 amide bonds. The lowest BCUT2D eigenvalue weighted by atomic mass is 10.3. The SMILES string of the molecule is OCCCNCC(F)(F)C(F)(F)F. The summed E-state index contributed by atoms with van der Waals surface area (Å²) in [4.78, 5) is 0. The summed E-state index contributed by atoms with van der Waals surface area (Å²) in [7, 11) is 0. The van der Waals surface area contributed by atoms with E-state index in [1.807, 2.05) is 5.32 Å². The molecule has 2 nitrogen and oxygen atoms in total. The highest BCUT2D eigenvalue weighted by atomic mass is 19.4. The summed E-state index contributed by atoms with van der Waals surface area (Å²) in [6.45, 7) is -1.76. The van der Waals surface area contributed by atoms with E-state index in [-0.39, 0.29) is 19.6 Å². The predicted molar refractivity (Wildman–Crippen MR) is 35.6 cm³/mol. The monoisotopic (exact) mass is 207 g/mol. The van der Waals surface area contributed by atoms with Crippen LogP contribution < -0.4 is 5.32 Å². The molecule has 0 saturated heterocycles. The predicted octanol–water partition coefficient (Wildman–Crippen LogP) is 1.16. The summed E-state index contributed by atoms with van der Waals surface area (Å²) in [5.74, 6) is -4.71. The largest absolute Gasteiger partial charge is 0.454 e. The highest BCUT2D eigenvalue weighted by molar-refractivity contribution is 4.77. The van der Waals surface area contributed by atoms with E-state index in [1.165, 1.54) is 0 Å². The lowest BCUT2D eigenvalue weighted by Gasteiger charge is -2.19. The highest BCUT2D eigenvalue weighted by Gasteiger charge is 2.56. The van der Waals surface area contributed by atoms with Gasteiger partial charge in [0.2, 0.25) is 0 Å². The lowest BCUT2D eigenvalue weighted by molar-refractivity contribution is -0.279. The number of halogens is 5. The van der Waals surface area contributed by atoms with Crippen molar-refractivity contribution in [3.8, 4) is 0 Å². The average Bonchev–Trinajstić information content (AvgIpc) is 1.96. The van der Waals surface area contributed by atoms with Gasteiger partial charge in [0.05, 0.1) is 6.54 Å². The molecule has 13 heavy (non-hydrogen) atoms. The first kappa shape index (κ1) is 12.6. The molecule has 0 fully saturated rings. The zero-order valence-electron chi connectivity index (χ0n) is 6.67. The van der Waals surface area contributed by atoms with E-state index in [0.717, 1.165) is 0 Å². The van der Waals surface area contributed by atoms with E-state index in [0.29, 0.717) is 0 Å². The van der Waals surface area contributed by atoms with Gasteiger partial charge in [-0.15, -0.1) is 0 Å². The summed E-state index contributed by atoms with van der Waals surface area (Å²) in [6, 6.07) is 0. The van der Waals surface area contributed by atoms with Crippen molar-refractivity contribution >= 4 is 0 Å². The fraction of sp³-hybridized carbons (Fsp3) is 1.00. The Kier molecular flexibility index (Phi) is 4.55. The summed E-state index contributed by atoms with van der Waals surface area (Å²) in [6.07, 6.45) is -5.37. The van der Waals surface area contributed by atoms with Crippen LogP contribution in [0, 0.1) is 0 Å². The summed E-state index contributed by atoms with van der Waals surface area (Å²) < 4.78 is 58.7. The topological polar surface area (TPSA) is 32.3 Å². The number of nitrogens with one attached hydrogen (secondary N) is 1. The van der Waals surface area contributed by atoms with Gasteiger partial charge in [-0.25, -0.2) is 0 Å². The summed E-state index contributed by atoms with van der Waals surface area (Å²) in [5, 5.41) is 10.1. The van der Waals surface area contributed by atoms with Gasteiger partial charge in [0.1, 0.15) is 0 Å². The Labute approximate surface area is 71.7 Å². The zero-order chi connectivity index (χ0) is 10.5. The Hall–Kier alpha value is -0.430. The molecule has 0 aromatic heterocycles. The average molecular weight is 207 g/mol. The number of hydrogen-bond acceptors (Lipinski definition) is 2. The normalized spacial score (nSPS) is 13.4. The van der Waals surface area contributed by atoms with Crippen LogP contribution >= 0.6 is 0 Å². The molecule has 0 aliphatic carbocycles. The van der Waals surface area contributed by atoms with Crippen LogP contribution in [0.15, 0.2) is 0 Å². The van der Waals surface area contributed by atoms with Gasteiger partial charge in [0.25, 0.3) is 0 Å². The quantitative estimate of drug-likeness (QED) is 0.523. The van der Waals surface area contributed by atoms with Crippen LogP contribution in [-0.4, -0.2) is 36.9 Å². The van der Waals surface area contributed by atoms with Crippen molar-refractivity contribution in [3.63, 3.8) is 0 Å². The molecule has 0 aliphatic heterocycles. The standard InChI is InChI=1S/C6H10F5NO/c7-5(8,6(9,10)11)4-12-2-1-3-13/h12-13H,1-4H2. The van der Waals surface area contributed by atoms with Crippen LogP contribution in [0.1, 0.15) is 6.42 Å². The molecule has 2 N–H and O–H groups in total. The van der Waals surface area contributed by atoms with E-state index in [4.69, 9.17) is 5.11 Å². The Balaban J connectivity index is 3.77. The van der Waals surface area contributed by atoms with E-state index in [2.05, 4.69) is 0 Å². The fourth-order valence-corrected chi connectivity index (χ4v) is 0.550. The van der Waals surface area contributed by atoms with Crippen molar-refractivity contribution in [1.82, 2.24) is 5.32 Å². The van der Waals surface area contributed by atoms with Crippen molar-refractivity contribution in [1.29, 1.82) is 0 Å². The van der Waals surface area contributed by atoms with Crippen LogP contribution in [0.4, 0.5) is 22.0 Å². The second-order valence-corrected chi connectivity index (χ2v) is 2.46.